The first-order chi connectivity index (χ1) is 10.3. The largest absolute Gasteiger partial charge is 0.383 e. The van der Waals surface area contributed by atoms with Gasteiger partial charge in [0.25, 0.3) is 0 Å². The molecule has 1 aliphatic rings. The van der Waals surface area contributed by atoms with E-state index in [0.717, 1.165) is 23.9 Å². The quantitative estimate of drug-likeness (QED) is 0.804. The molecule has 0 aliphatic heterocycles. The first-order valence-electron chi connectivity index (χ1n) is 7.32. The van der Waals surface area contributed by atoms with Gasteiger partial charge in [-0.15, -0.1) is 12.4 Å². The van der Waals surface area contributed by atoms with E-state index >= 15 is 0 Å². The topological polar surface area (TPSA) is 50.4 Å². The van der Waals surface area contributed by atoms with Gasteiger partial charge in [0, 0.05) is 24.7 Å². The summed E-state index contributed by atoms with van der Waals surface area (Å²) in [6, 6.07) is 10.5. The van der Waals surface area contributed by atoms with Crippen LogP contribution in [-0.4, -0.2) is 32.7 Å². The normalized spacial score (nSPS) is 12.2. The molecule has 0 bridgehead atoms. The fourth-order valence-corrected chi connectivity index (χ4v) is 2.93. The molecule has 0 radical (unpaired) electrons. The molecule has 0 spiro atoms. The van der Waals surface area contributed by atoms with Crippen molar-refractivity contribution in [3.8, 4) is 0 Å². The van der Waals surface area contributed by atoms with Crippen LogP contribution < -0.4 is 10.6 Å². The van der Waals surface area contributed by atoms with E-state index in [9.17, 15) is 4.79 Å². The van der Waals surface area contributed by atoms with Crippen LogP contribution in [-0.2, 0) is 22.4 Å². The van der Waals surface area contributed by atoms with Gasteiger partial charge < -0.3 is 15.4 Å². The highest BCUT2D eigenvalue weighted by Gasteiger charge is 2.16. The number of hydrogen-bond donors (Lipinski definition) is 2. The summed E-state index contributed by atoms with van der Waals surface area (Å²) in [7, 11) is 1.65. The molecule has 0 unspecified atom stereocenters. The molecule has 2 N–H and O–H groups in total. The molecule has 22 heavy (non-hydrogen) atoms. The van der Waals surface area contributed by atoms with Crippen molar-refractivity contribution in [1.29, 1.82) is 0 Å². The maximum absolute atomic E-state index is 12.0. The van der Waals surface area contributed by atoms with Gasteiger partial charge in [-0.05, 0) is 35.4 Å². The second kappa shape index (κ2) is 7.58. The summed E-state index contributed by atoms with van der Waals surface area (Å²) < 4.78 is 4.94. The number of anilines is 1. The van der Waals surface area contributed by atoms with E-state index in [0.29, 0.717) is 19.7 Å². The van der Waals surface area contributed by atoms with Crippen LogP contribution in [0.15, 0.2) is 30.3 Å². The third-order valence-corrected chi connectivity index (χ3v) is 3.92. The summed E-state index contributed by atoms with van der Waals surface area (Å²) in [4.78, 5) is 12.0. The van der Waals surface area contributed by atoms with Crippen LogP contribution in [0.3, 0.4) is 0 Å². The molecule has 0 saturated carbocycles. The lowest BCUT2D eigenvalue weighted by Crippen LogP contribution is -2.30. The average Bonchev–Trinajstić information content (AvgIpc) is 2.92. The van der Waals surface area contributed by atoms with Gasteiger partial charge in [0.2, 0.25) is 5.91 Å². The molecular formula is C17H21ClN2O2. The van der Waals surface area contributed by atoms with Crippen LogP contribution in [0.5, 0.6) is 0 Å². The number of carbonyl (C=O) groups excluding carboxylic acids is 1. The Labute approximate surface area is 136 Å². The van der Waals surface area contributed by atoms with E-state index in [1.165, 1.54) is 16.5 Å². The van der Waals surface area contributed by atoms with Crippen LogP contribution >= 0.6 is 12.4 Å². The molecule has 5 heteroatoms. The van der Waals surface area contributed by atoms with Gasteiger partial charge in [0.1, 0.15) is 0 Å². The van der Waals surface area contributed by atoms with Crippen LogP contribution in [0.2, 0.25) is 0 Å². The minimum absolute atomic E-state index is 0. The zero-order valence-electron chi connectivity index (χ0n) is 12.6. The number of nitrogens with one attached hydrogen (secondary N) is 2. The van der Waals surface area contributed by atoms with Crippen LogP contribution in [0.4, 0.5) is 5.69 Å². The highest BCUT2D eigenvalue weighted by Crippen LogP contribution is 2.34. The molecule has 4 nitrogen and oxygen atoms in total. The molecule has 3 rings (SSSR count). The Bertz CT molecular complexity index is 663. The van der Waals surface area contributed by atoms with Gasteiger partial charge >= 0.3 is 0 Å². The lowest BCUT2D eigenvalue weighted by Gasteiger charge is -2.11. The summed E-state index contributed by atoms with van der Waals surface area (Å²) in [6.45, 7) is 1.58. The van der Waals surface area contributed by atoms with Crippen molar-refractivity contribution in [3.63, 3.8) is 0 Å². The van der Waals surface area contributed by atoms with Crippen LogP contribution in [0.1, 0.15) is 11.1 Å². The zero-order chi connectivity index (χ0) is 14.7. The highest BCUT2D eigenvalue weighted by molar-refractivity contribution is 6.05. The Morgan fingerprint density at radius 2 is 1.95 bits per heavy atom. The first-order valence-corrected chi connectivity index (χ1v) is 7.32. The fourth-order valence-electron chi connectivity index (χ4n) is 2.93. The fraction of sp³-hybridized carbons (Fsp3) is 0.353. The average molecular weight is 321 g/mol. The lowest BCUT2D eigenvalue weighted by atomic mass is 10.0. The zero-order valence-corrected chi connectivity index (χ0v) is 13.5. The van der Waals surface area contributed by atoms with Crippen molar-refractivity contribution < 1.29 is 9.53 Å². The number of methoxy groups -OCH3 is 1. The molecule has 0 aromatic heterocycles. The molecule has 1 amide bonds. The Balaban J connectivity index is 0.00000176. The molecule has 118 valence electrons. The van der Waals surface area contributed by atoms with E-state index in [2.05, 4.69) is 34.9 Å². The Morgan fingerprint density at radius 1 is 1.18 bits per heavy atom. The summed E-state index contributed by atoms with van der Waals surface area (Å²) in [5, 5.41) is 8.52. The monoisotopic (exact) mass is 320 g/mol. The van der Waals surface area contributed by atoms with Gasteiger partial charge in [0.05, 0.1) is 13.2 Å². The van der Waals surface area contributed by atoms with Crippen molar-refractivity contribution in [2.24, 2.45) is 0 Å². The van der Waals surface area contributed by atoms with Gasteiger partial charge in [0.15, 0.2) is 0 Å². The number of amides is 1. The van der Waals surface area contributed by atoms with Crippen molar-refractivity contribution in [2.75, 3.05) is 32.1 Å². The minimum atomic E-state index is -0.0233. The third-order valence-electron chi connectivity index (χ3n) is 3.92. The molecule has 0 saturated heterocycles. The van der Waals surface area contributed by atoms with E-state index in [4.69, 9.17) is 4.74 Å². The maximum atomic E-state index is 12.0. The second-order valence-electron chi connectivity index (χ2n) is 5.33. The Kier molecular flexibility index (Phi) is 5.77. The number of aryl methyl sites for hydroxylation is 2. The highest BCUT2D eigenvalue weighted by atomic mass is 35.5. The molecular weight excluding hydrogens is 300 g/mol. The predicted octanol–water partition coefficient (Wildman–Crippen LogP) is 2.53. The summed E-state index contributed by atoms with van der Waals surface area (Å²) in [6.07, 6.45) is 2.20. The number of ether oxygens (including phenoxy) is 1. The van der Waals surface area contributed by atoms with Gasteiger partial charge in [-0.2, -0.15) is 0 Å². The summed E-state index contributed by atoms with van der Waals surface area (Å²) in [5.41, 5.74) is 3.67. The van der Waals surface area contributed by atoms with Gasteiger partial charge in [-0.1, -0.05) is 24.3 Å². The number of benzene rings is 2. The standard InChI is InChI=1S/C17H20N2O2.ClH/c1-21-10-9-18-11-16(20)19-15-8-7-13-6-5-12-3-2-4-14(15)17(12)13;/h2-4,7-8,18H,5-6,9-11H2,1H3,(H,19,20);1H. The molecule has 2 aromatic rings. The van der Waals surface area contributed by atoms with Crippen molar-refractivity contribution in [3.05, 3.63) is 41.5 Å². The summed E-state index contributed by atoms with van der Waals surface area (Å²) in [5.74, 6) is -0.0233. The van der Waals surface area contributed by atoms with Gasteiger partial charge in [-0.3, -0.25) is 4.79 Å². The third kappa shape index (κ3) is 3.40. The van der Waals surface area contributed by atoms with E-state index < -0.39 is 0 Å². The van der Waals surface area contributed by atoms with Crippen molar-refractivity contribution in [2.45, 2.75) is 12.8 Å². The van der Waals surface area contributed by atoms with Crippen LogP contribution in [0, 0.1) is 0 Å². The summed E-state index contributed by atoms with van der Waals surface area (Å²) >= 11 is 0. The van der Waals surface area contributed by atoms with Crippen molar-refractivity contribution >= 4 is 34.8 Å². The smallest absolute Gasteiger partial charge is 0.238 e. The molecule has 0 fully saturated rings. The second-order valence-corrected chi connectivity index (χ2v) is 5.33. The van der Waals surface area contributed by atoms with Crippen LogP contribution in [0.25, 0.3) is 10.8 Å². The van der Waals surface area contributed by atoms with E-state index in [1.54, 1.807) is 7.11 Å². The number of halogens is 1. The van der Waals surface area contributed by atoms with E-state index in [1.807, 2.05) is 6.07 Å². The Morgan fingerprint density at radius 3 is 2.73 bits per heavy atom. The maximum Gasteiger partial charge on any atom is 0.238 e. The first kappa shape index (κ1) is 16.7. The molecule has 0 heterocycles. The van der Waals surface area contributed by atoms with Gasteiger partial charge in [-0.25, -0.2) is 0 Å². The number of carbonyl (C=O) groups is 1. The molecule has 0 atom stereocenters. The molecule has 2 aromatic carbocycles. The lowest BCUT2D eigenvalue weighted by molar-refractivity contribution is -0.115. The van der Waals surface area contributed by atoms with Crippen molar-refractivity contribution in [1.82, 2.24) is 5.32 Å². The minimum Gasteiger partial charge on any atom is -0.383 e. The SMILES string of the molecule is COCCNCC(=O)Nc1ccc2c3c(cccc13)CC2.Cl. The molecule has 1 aliphatic carbocycles. The Hall–Kier alpha value is -1.62. The number of rotatable bonds is 6. The van der Waals surface area contributed by atoms with E-state index in [-0.39, 0.29) is 18.3 Å². The number of hydrogen-bond acceptors (Lipinski definition) is 3. The predicted molar refractivity (Wildman–Crippen MR) is 92.0 cm³/mol.